The fourth-order valence-corrected chi connectivity index (χ4v) is 6.80. The molecule has 0 radical (unpaired) electrons. The van der Waals surface area contributed by atoms with Gasteiger partial charge in [-0.15, -0.1) is 0 Å². The highest BCUT2D eigenvalue weighted by atomic mass is 16.5. The molecule has 2 N–H and O–H groups in total. The molecule has 7 heteroatoms. The lowest BCUT2D eigenvalue weighted by atomic mass is 9.64. The van der Waals surface area contributed by atoms with Crippen LogP contribution in [0.3, 0.4) is 0 Å². The minimum Gasteiger partial charge on any atom is -0.390 e. The van der Waals surface area contributed by atoms with Crippen molar-refractivity contribution in [3.05, 3.63) is 58.8 Å². The topological polar surface area (TPSA) is 77.9 Å². The Morgan fingerprint density at radius 2 is 1.97 bits per heavy atom. The summed E-state index contributed by atoms with van der Waals surface area (Å²) in [5.41, 5.74) is 5.05. The van der Waals surface area contributed by atoms with Crippen molar-refractivity contribution in [1.29, 1.82) is 0 Å². The van der Waals surface area contributed by atoms with E-state index < -0.39 is 6.10 Å². The smallest absolute Gasteiger partial charge is 0.254 e. The molecule has 7 rings (SSSR count). The molecule has 3 fully saturated rings. The van der Waals surface area contributed by atoms with Crippen molar-refractivity contribution in [2.24, 2.45) is 5.41 Å². The Labute approximate surface area is 206 Å². The second-order valence-electron chi connectivity index (χ2n) is 11.7. The first-order chi connectivity index (χ1) is 17.0. The lowest BCUT2D eigenvalue weighted by molar-refractivity contribution is -0.159. The normalized spacial score (nSPS) is 24.9. The Morgan fingerprint density at radius 1 is 1.17 bits per heavy atom. The number of benzene rings is 1. The highest BCUT2D eigenvalue weighted by molar-refractivity contribution is 5.98. The zero-order chi connectivity index (χ0) is 23.6. The molecule has 0 unspecified atom stereocenters. The van der Waals surface area contributed by atoms with Gasteiger partial charge in [-0.05, 0) is 54.9 Å². The van der Waals surface area contributed by atoms with Crippen molar-refractivity contribution in [3.8, 4) is 0 Å². The fourth-order valence-electron chi connectivity index (χ4n) is 6.80. The van der Waals surface area contributed by atoms with Gasteiger partial charge in [-0.2, -0.15) is 0 Å². The number of aliphatic hydroxyl groups excluding tert-OH is 1. The Bertz CT molecular complexity index is 1150. The molecule has 2 spiro atoms. The van der Waals surface area contributed by atoms with Crippen LogP contribution in [0.15, 0.2) is 36.5 Å². The molecule has 184 valence electrons. The second kappa shape index (κ2) is 8.02. The number of hydrogen-bond donors (Lipinski definition) is 2. The van der Waals surface area contributed by atoms with Crippen molar-refractivity contribution in [2.45, 2.75) is 56.2 Å². The van der Waals surface area contributed by atoms with Crippen LogP contribution in [-0.4, -0.2) is 77.3 Å². The third-order valence-corrected chi connectivity index (χ3v) is 8.98. The number of amides is 1. The first-order valence-corrected chi connectivity index (χ1v) is 13.1. The van der Waals surface area contributed by atoms with Crippen molar-refractivity contribution in [1.82, 2.24) is 14.8 Å². The summed E-state index contributed by atoms with van der Waals surface area (Å²) in [6.45, 7) is 5.24. The number of carbonyl (C=O) groups excluding carboxylic acids is 1. The molecule has 7 nitrogen and oxygen atoms in total. The van der Waals surface area contributed by atoms with E-state index in [9.17, 15) is 9.90 Å². The van der Waals surface area contributed by atoms with Crippen LogP contribution in [0.25, 0.3) is 0 Å². The summed E-state index contributed by atoms with van der Waals surface area (Å²) in [6, 6.07) is 10.9. The molecular formula is C28H34N4O3. The average molecular weight is 475 g/mol. The number of pyridine rings is 1. The zero-order valence-corrected chi connectivity index (χ0v) is 20.2. The number of rotatable bonds is 6. The summed E-state index contributed by atoms with van der Waals surface area (Å²) in [5, 5.41) is 14.5. The van der Waals surface area contributed by atoms with Gasteiger partial charge in [0, 0.05) is 61.4 Å². The van der Waals surface area contributed by atoms with Gasteiger partial charge in [0.2, 0.25) is 0 Å². The molecular weight excluding hydrogens is 440 g/mol. The highest BCUT2D eigenvalue weighted by Gasteiger charge is 2.52. The Morgan fingerprint density at radius 3 is 2.71 bits per heavy atom. The molecule has 4 heterocycles. The van der Waals surface area contributed by atoms with Crippen molar-refractivity contribution < 1.29 is 14.6 Å². The predicted molar refractivity (Wildman–Crippen MR) is 132 cm³/mol. The maximum Gasteiger partial charge on any atom is 0.254 e. The summed E-state index contributed by atoms with van der Waals surface area (Å²) in [4.78, 5) is 22.4. The van der Waals surface area contributed by atoms with E-state index in [0.29, 0.717) is 31.1 Å². The molecule has 2 aromatic rings. The molecule has 1 amide bonds. The Hall–Kier alpha value is -2.48. The fraction of sp³-hybridized carbons (Fsp3) is 0.571. The second-order valence-corrected chi connectivity index (χ2v) is 11.7. The first kappa shape index (κ1) is 21.8. The largest absolute Gasteiger partial charge is 0.390 e. The molecule has 3 aliphatic heterocycles. The summed E-state index contributed by atoms with van der Waals surface area (Å²) in [6.07, 6.45) is 6.79. The minimum absolute atomic E-state index is 0.0301. The van der Waals surface area contributed by atoms with E-state index in [1.54, 1.807) is 0 Å². The summed E-state index contributed by atoms with van der Waals surface area (Å²) < 4.78 is 5.39. The van der Waals surface area contributed by atoms with Crippen LogP contribution in [0, 0.1) is 5.41 Å². The van der Waals surface area contributed by atoms with Gasteiger partial charge in [-0.25, -0.2) is 4.98 Å². The van der Waals surface area contributed by atoms with E-state index in [1.807, 2.05) is 17.2 Å². The number of ether oxygens (including phenoxy) is 1. The number of aliphatic hydroxyl groups is 1. The van der Waals surface area contributed by atoms with Gasteiger partial charge in [0.15, 0.2) is 0 Å². The van der Waals surface area contributed by atoms with E-state index in [4.69, 9.17) is 4.74 Å². The Balaban J connectivity index is 1.02. The van der Waals surface area contributed by atoms with E-state index in [2.05, 4.69) is 39.5 Å². The molecule has 2 saturated carbocycles. The quantitative estimate of drug-likeness (QED) is 0.670. The van der Waals surface area contributed by atoms with Crippen LogP contribution < -0.4 is 5.32 Å². The van der Waals surface area contributed by atoms with Gasteiger partial charge in [-0.3, -0.25) is 9.69 Å². The number of aromatic nitrogens is 1. The molecule has 5 aliphatic rings. The van der Waals surface area contributed by atoms with Crippen LogP contribution in [-0.2, 0) is 23.1 Å². The van der Waals surface area contributed by atoms with E-state index in [1.165, 1.54) is 11.1 Å². The third-order valence-electron chi connectivity index (χ3n) is 8.98. The molecule has 35 heavy (non-hydrogen) atoms. The van der Waals surface area contributed by atoms with E-state index in [0.717, 1.165) is 75.4 Å². The standard InChI is InChI=1S/C28H34N4O3/c33-22(14-31-8-5-19-3-1-2-4-20(19)13-31)15-32-16-28(6-7-28)24-12-29-25(9-23(24)26(32)34)30-21-10-27(11-21)17-35-18-27/h1-4,9,12,21-22,33H,5-8,10-11,13-18H2,(H,29,30)/t22-/m1/s1. The number of carbonyl (C=O) groups is 1. The van der Waals surface area contributed by atoms with Gasteiger partial charge < -0.3 is 20.1 Å². The third kappa shape index (κ3) is 3.85. The highest BCUT2D eigenvalue weighted by Crippen LogP contribution is 2.53. The number of nitrogens with one attached hydrogen (secondary N) is 1. The number of anilines is 1. The number of hydrogen-bond acceptors (Lipinski definition) is 6. The van der Waals surface area contributed by atoms with Gasteiger partial charge in [-0.1, -0.05) is 24.3 Å². The lowest BCUT2D eigenvalue weighted by Crippen LogP contribution is -2.56. The van der Waals surface area contributed by atoms with Crippen LogP contribution in [0.1, 0.15) is 52.7 Å². The SMILES string of the molecule is O=C1c2cc(NC3CC4(COC4)C3)ncc2C2(CC2)CN1C[C@H](O)CN1CCc2ccccc2C1. The van der Waals surface area contributed by atoms with E-state index in [-0.39, 0.29) is 11.3 Å². The van der Waals surface area contributed by atoms with Gasteiger partial charge >= 0.3 is 0 Å². The van der Waals surface area contributed by atoms with Crippen molar-refractivity contribution in [2.75, 3.05) is 44.7 Å². The molecule has 1 atom stereocenters. The Kier molecular flexibility index (Phi) is 4.99. The van der Waals surface area contributed by atoms with E-state index >= 15 is 0 Å². The van der Waals surface area contributed by atoms with Crippen LogP contribution in [0.4, 0.5) is 5.82 Å². The zero-order valence-electron chi connectivity index (χ0n) is 20.2. The van der Waals surface area contributed by atoms with Crippen molar-refractivity contribution >= 4 is 11.7 Å². The number of fused-ring (bicyclic) bond motifs is 3. The predicted octanol–water partition coefficient (Wildman–Crippen LogP) is 2.58. The molecule has 0 bridgehead atoms. The molecule has 1 aromatic carbocycles. The summed E-state index contributed by atoms with van der Waals surface area (Å²) in [5.74, 6) is 0.825. The van der Waals surface area contributed by atoms with Crippen LogP contribution in [0.2, 0.25) is 0 Å². The minimum atomic E-state index is -0.558. The first-order valence-electron chi connectivity index (χ1n) is 13.1. The van der Waals surface area contributed by atoms with Crippen LogP contribution in [0.5, 0.6) is 0 Å². The molecule has 1 aromatic heterocycles. The van der Waals surface area contributed by atoms with Gasteiger partial charge in [0.05, 0.1) is 19.3 Å². The number of nitrogens with zero attached hydrogens (tertiary/aromatic N) is 3. The van der Waals surface area contributed by atoms with Crippen LogP contribution >= 0.6 is 0 Å². The monoisotopic (exact) mass is 474 g/mol. The van der Waals surface area contributed by atoms with Crippen molar-refractivity contribution in [3.63, 3.8) is 0 Å². The molecule has 2 aliphatic carbocycles. The average Bonchev–Trinajstić information content (AvgIpc) is 3.58. The molecule has 1 saturated heterocycles. The maximum atomic E-state index is 13.5. The number of β-amino-alcohol motifs (C(OH)–C–C–N with tert-alkyl or cyclic N) is 1. The van der Waals surface area contributed by atoms with Gasteiger partial charge in [0.25, 0.3) is 5.91 Å². The lowest BCUT2D eigenvalue weighted by Gasteiger charge is -2.53. The van der Waals surface area contributed by atoms with Gasteiger partial charge in [0.1, 0.15) is 5.82 Å². The summed E-state index contributed by atoms with van der Waals surface area (Å²) in [7, 11) is 0. The maximum absolute atomic E-state index is 13.5. The summed E-state index contributed by atoms with van der Waals surface area (Å²) >= 11 is 0.